The van der Waals surface area contributed by atoms with E-state index >= 15 is 0 Å². The highest BCUT2D eigenvalue weighted by molar-refractivity contribution is 14.1. The Morgan fingerprint density at radius 1 is 1.58 bits per heavy atom. The molecule has 0 aliphatic heterocycles. The van der Waals surface area contributed by atoms with Crippen molar-refractivity contribution in [1.29, 1.82) is 0 Å². The largest absolute Gasteiger partial charge is 0.366 e. The lowest BCUT2D eigenvalue weighted by atomic mass is 10.2. The van der Waals surface area contributed by atoms with Crippen LogP contribution in [0.25, 0.3) is 0 Å². The number of primary amides is 1. The van der Waals surface area contributed by atoms with E-state index in [1.807, 2.05) is 22.6 Å². The van der Waals surface area contributed by atoms with Gasteiger partial charge in [0.2, 0.25) is 5.91 Å². The van der Waals surface area contributed by atoms with Crippen LogP contribution in [0.2, 0.25) is 0 Å². The van der Waals surface area contributed by atoms with Gasteiger partial charge in [-0.2, -0.15) is 0 Å². The molecule has 0 aromatic heterocycles. The maximum atomic E-state index is 12.7. The van der Waals surface area contributed by atoms with Crippen LogP contribution >= 0.6 is 38.5 Å². The van der Waals surface area contributed by atoms with Crippen molar-refractivity contribution >= 4 is 44.4 Å². The molecule has 2 N–H and O–H groups in total. The molecular formula is C7H4BrFINO. The third kappa shape index (κ3) is 1.95. The van der Waals surface area contributed by atoms with Crippen LogP contribution < -0.4 is 5.73 Å². The summed E-state index contributed by atoms with van der Waals surface area (Å²) in [5.74, 6) is -1.10. The lowest BCUT2D eigenvalue weighted by Gasteiger charge is -2.01. The zero-order chi connectivity index (χ0) is 9.30. The Balaban J connectivity index is 3.37. The molecule has 2 nitrogen and oxygen atoms in total. The number of amides is 1. The Bertz CT molecular complexity index is 342. The van der Waals surface area contributed by atoms with Crippen LogP contribution in [-0.2, 0) is 0 Å². The van der Waals surface area contributed by atoms with Crippen molar-refractivity contribution in [1.82, 2.24) is 0 Å². The molecule has 1 aromatic carbocycles. The number of carbonyl (C=O) groups excluding carboxylic acids is 1. The van der Waals surface area contributed by atoms with Crippen LogP contribution in [0, 0.1) is 9.39 Å². The van der Waals surface area contributed by atoms with Gasteiger partial charge in [0.15, 0.2) is 0 Å². The molecule has 0 aliphatic rings. The van der Waals surface area contributed by atoms with Gasteiger partial charge in [-0.1, -0.05) is 0 Å². The van der Waals surface area contributed by atoms with E-state index in [1.54, 1.807) is 0 Å². The van der Waals surface area contributed by atoms with Gasteiger partial charge >= 0.3 is 0 Å². The van der Waals surface area contributed by atoms with E-state index in [-0.39, 0.29) is 5.56 Å². The molecule has 0 aliphatic carbocycles. The molecule has 0 spiro atoms. The van der Waals surface area contributed by atoms with Gasteiger partial charge in [0.1, 0.15) is 5.82 Å². The predicted molar refractivity (Wildman–Crippen MR) is 55.3 cm³/mol. The Morgan fingerprint density at radius 3 is 2.67 bits per heavy atom. The molecule has 0 bridgehead atoms. The van der Waals surface area contributed by atoms with E-state index in [4.69, 9.17) is 5.73 Å². The van der Waals surface area contributed by atoms with Crippen molar-refractivity contribution in [2.75, 3.05) is 0 Å². The number of rotatable bonds is 1. The zero-order valence-electron chi connectivity index (χ0n) is 5.77. The molecule has 5 heteroatoms. The van der Waals surface area contributed by atoms with Crippen LogP contribution in [0.4, 0.5) is 4.39 Å². The number of benzene rings is 1. The van der Waals surface area contributed by atoms with Gasteiger partial charge in [0.05, 0.1) is 5.56 Å². The normalized spacial score (nSPS) is 9.92. The smallest absolute Gasteiger partial charge is 0.249 e. The van der Waals surface area contributed by atoms with E-state index < -0.39 is 11.7 Å². The second kappa shape index (κ2) is 3.69. The fourth-order valence-electron chi connectivity index (χ4n) is 0.735. The first-order valence-corrected chi connectivity index (χ1v) is 4.84. The fourth-order valence-corrected chi connectivity index (χ4v) is 1.75. The summed E-state index contributed by atoms with van der Waals surface area (Å²) in [6.07, 6.45) is 0. The summed E-state index contributed by atoms with van der Waals surface area (Å²) in [6.45, 7) is 0. The molecule has 12 heavy (non-hydrogen) atoms. The van der Waals surface area contributed by atoms with Crippen molar-refractivity contribution in [2.45, 2.75) is 0 Å². The van der Waals surface area contributed by atoms with Gasteiger partial charge in [-0.3, -0.25) is 4.79 Å². The van der Waals surface area contributed by atoms with Crippen LogP contribution in [0.15, 0.2) is 16.6 Å². The standard InChI is InChI=1S/C7H4BrFINO/c8-6-4(7(11)12)1-3(9)2-5(6)10/h1-2H,(H2,11,12). The number of halogens is 3. The maximum Gasteiger partial charge on any atom is 0.249 e. The van der Waals surface area contributed by atoms with Crippen LogP contribution in [0.5, 0.6) is 0 Å². The average molecular weight is 344 g/mol. The predicted octanol–water partition coefficient (Wildman–Crippen LogP) is 2.29. The maximum absolute atomic E-state index is 12.7. The SMILES string of the molecule is NC(=O)c1cc(F)cc(I)c1Br. The lowest BCUT2D eigenvalue weighted by molar-refractivity contribution is 0.0999. The molecule has 0 radical (unpaired) electrons. The summed E-state index contributed by atoms with van der Waals surface area (Å²) in [5.41, 5.74) is 5.18. The third-order valence-electron chi connectivity index (χ3n) is 1.26. The van der Waals surface area contributed by atoms with Crippen LogP contribution in [0.3, 0.4) is 0 Å². The Labute approximate surface area is 90.6 Å². The van der Waals surface area contributed by atoms with E-state index in [0.29, 0.717) is 8.04 Å². The molecule has 64 valence electrons. The number of hydrogen-bond acceptors (Lipinski definition) is 1. The second-order valence-electron chi connectivity index (χ2n) is 2.11. The van der Waals surface area contributed by atoms with Crippen molar-refractivity contribution < 1.29 is 9.18 Å². The first-order chi connectivity index (χ1) is 5.52. The van der Waals surface area contributed by atoms with E-state index in [9.17, 15) is 9.18 Å². The number of carbonyl (C=O) groups is 1. The summed E-state index contributed by atoms with van der Waals surface area (Å²) in [4.78, 5) is 10.7. The van der Waals surface area contributed by atoms with Gasteiger partial charge in [0, 0.05) is 8.04 Å². The average Bonchev–Trinajstić information content (AvgIpc) is 1.96. The molecule has 1 rings (SSSR count). The molecule has 0 atom stereocenters. The molecule has 0 saturated carbocycles. The minimum absolute atomic E-state index is 0.166. The van der Waals surface area contributed by atoms with Crippen molar-refractivity contribution in [3.05, 3.63) is 31.6 Å². The minimum atomic E-state index is -0.640. The molecule has 1 amide bonds. The molecule has 0 saturated heterocycles. The zero-order valence-corrected chi connectivity index (χ0v) is 9.52. The topological polar surface area (TPSA) is 43.1 Å². The highest BCUT2D eigenvalue weighted by Crippen LogP contribution is 2.24. The van der Waals surface area contributed by atoms with Gasteiger partial charge in [-0.15, -0.1) is 0 Å². The molecule has 0 heterocycles. The highest BCUT2D eigenvalue weighted by atomic mass is 127. The number of hydrogen-bond donors (Lipinski definition) is 1. The van der Waals surface area contributed by atoms with E-state index in [1.165, 1.54) is 6.07 Å². The van der Waals surface area contributed by atoms with Gasteiger partial charge in [-0.05, 0) is 50.7 Å². The van der Waals surface area contributed by atoms with Gasteiger partial charge < -0.3 is 5.73 Å². The third-order valence-corrected chi connectivity index (χ3v) is 3.70. The second-order valence-corrected chi connectivity index (χ2v) is 4.07. The molecular weight excluding hydrogens is 340 g/mol. The lowest BCUT2D eigenvalue weighted by Crippen LogP contribution is -2.12. The van der Waals surface area contributed by atoms with Crippen molar-refractivity contribution in [2.24, 2.45) is 5.73 Å². The van der Waals surface area contributed by atoms with Crippen molar-refractivity contribution in [3.8, 4) is 0 Å². The monoisotopic (exact) mass is 343 g/mol. The highest BCUT2D eigenvalue weighted by Gasteiger charge is 2.10. The molecule has 1 aromatic rings. The summed E-state index contributed by atoms with van der Waals surface area (Å²) >= 11 is 5.05. The van der Waals surface area contributed by atoms with E-state index in [0.717, 1.165) is 6.07 Å². The Morgan fingerprint density at radius 2 is 2.17 bits per heavy atom. The quantitative estimate of drug-likeness (QED) is 0.617. The van der Waals surface area contributed by atoms with Crippen LogP contribution in [0.1, 0.15) is 10.4 Å². The van der Waals surface area contributed by atoms with Crippen LogP contribution in [-0.4, -0.2) is 5.91 Å². The summed E-state index contributed by atoms with van der Waals surface area (Å²) in [7, 11) is 0. The Hall–Kier alpha value is -0.170. The molecule has 0 unspecified atom stereocenters. The van der Waals surface area contributed by atoms with Gasteiger partial charge in [-0.25, -0.2) is 4.39 Å². The number of nitrogens with two attached hydrogens (primary N) is 1. The first kappa shape index (κ1) is 9.91. The summed E-state index contributed by atoms with van der Waals surface area (Å²) < 4.78 is 13.9. The Kier molecular flexibility index (Phi) is 3.05. The minimum Gasteiger partial charge on any atom is -0.366 e. The van der Waals surface area contributed by atoms with Gasteiger partial charge in [0.25, 0.3) is 0 Å². The van der Waals surface area contributed by atoms with Crippen molar-refractivity contribution in [3.63, 3.8) is 0 Å². The summed E-state index contributed by atoms with van der Waals surface area (Å²) in [6, 6.07) is 2.42. The molecule has 0 fully saturated rings. The summed E-state index contributed by atoms with van der Waals surface area (Å²) in [5, 5.41) is 0. The fraction of sp³-hybridized carbons (Fsp3) is 0. The van der Waals surface area contributed by atoms with E-state index in [2.05, 4.69) is 15.9 Å². The first-order valence-electron chi connectivity index (χ1n) is 2.96.